The zero-order chi connectivity index (χ0) is 9.73. The highest BCUT2D eigenvalue weighted by atomic mass is 28.4. The molecule has 1 aliphatic rings. The van der Waals surface area contributed by atoms with Crippen LogP contribution in [-0.4, -0.2) is 37.6 Å². The van der Waals surface area contributed by atoms with Crippen LogP contribution < -0.4 is 0 Å². The Morgan fingerprint density at radius 2 is 1.77 bits per heavy atom. The van der Waals surface area contributed by atoms with Gasteiger partial charge in [0.05, 0.1) is 0 Å². The zero-order valence-corrected chi connectivity index (χ0v) is 10.1. The average Bonchev–Trinajstić information content (AvgIpc) is 2.04. The second kappa shape index (κ2) is 5.13. The van der Waals surface area contributed by atoms with E-state index in [4.69, 9.17) is 0 Å². The lowest BCUT2D eigenvalue weighted by Gasteiger charge is -2.27. The molecule has 0 aromatic rings. The molecule has 0 spiro atoms. The number of piperidine rings is 1. The summed E-state index contributed by atoms with van der Waals surface area (Å²) in [6.45, 7) is 7.84. The van der Waals surface area contributed by atoms with Gasteiger partial charge in [0.15, 0.2) is 8.32 Å². The van der Waals surface area contributed by atoms with Crippen LogP contribution in [0.5, 0.6) is 0 Å². The first-order valence-electron chi connectivity index (χ1n) is 5.53. The van der Waals surface area contributed by atoms with E-state index in [9.17, 15) is 4.80 Å². The SMILES string of the molecule is C[Si](C)(O)CCCN1CCCCC1. The molecule has 2 nitrogen and oxygen atoms in total. The van der Waals surface area contributed by atoms with Gasteiger partial charge in [0.1, 0.15) is 0 Å². The predicted molar refractivity (Wildman–Crippen MR) is 59.4 cm³/mol. The molecule has 0 amide bonds. The number of hydrogen-bond acceptors (Lipinski definition) is 2. The highest BCUT2D eigenvalue weighted by Gasteiger charge is 2.17. The van der Waals surface area contributed by atoms with Crippen molar-refractivity contribution >= 4 is 8.32 Å². The quantitative estimate of drug-likeness (QED) is 0.704. The Hall–Kier alpha value is 0.137. The van der Waals surface area contributed by atoms with Gasteiger partial charge in [-0.05, 0) is 58.0 Å². The van der Waals surface area contributed by atoms with Crippen molar-refractivity contribution in [3.63, 3.8) is 0 Å². The van der Waals surface area contributed by atoms with E-state index in [0.717, 1.165) is 6.04 Å². The summed E-state index contributed by atoms with van der Waals surface area (Å²) in [6.07, 6.45) is 5.35. The molecule has 0 aliphatic carbocycles. The second-order valence-corrected chi connectivity index (χ2v) is 8.94. The third-order valence-corrected chi connectivity index (χ3v) is 4.29. The lowest BCUT2D eigenvalue weighted by atomic mass is 10.1. The molecule has 13 heavy (non-hydrogen) atoms. The molecule has 78 valence electrons. The van der Waals surface area contributed by atoms with E-state index in [-0.39, 0.29) is 0 Å². The summed E-state index contributed by atoms with van der Waals surface area (Å²) in [4.78, 5) is 12.2. The molecule has 0 bridgehead atoms. The number of hydrogen-bond donors (Lipinski definition) is 1. The average molecular weight is 201 g/mol. The minimum atomic E-state index is -1.77. The van der Waals surface area contributed by atoms with Gasteiger partial charge in [-0.2, -0.15) is 0 Å². The Morgan fingerprint density at radius 1 is 1.15 bits per heavy atom. The highest BCUT2D eigenvalue weighted by Crippen LogP contribution is 2.12. The summed E-state index contributed by atoms with van der Waals surface area (Å²) in [6, 6.07) is 1.06. The van der Waals surface area contributed by atoms with Crippen molar-refractivity contribution in [3.8, 4) is 0 Å². The third-order valence-electron chi connectivity index (χ3n) is 2.71. The van der Waals surface area contributed by atoms with E-state index in [1.807, 2.05) is 13.1 Å². The van der Waals surface area contributed by atoms with E-state index in [0.29, 0.717) is 0 Å². The van der Waals surface area contributed by atoms with E-state index < -0.39 is 8.32 Å². The molecule has 1 fully saturated rings. The van der Waals surface area contributed by atoms with E-state index >= 15 is 0 Å². The Balaban J connectivity index is 2.04. The topological polar surface area (TPSA) is 23.5 Å². The van der Waals surface area contributed by atoms with Gasteiger partial charge in [0.2, 0.25) is 0 Å². The van der Waals surface area contributed by atoms with Gasteiger partial charge in [0.25, 0.3) is 0 Å². The molecule has 0 unspecified atom stereocenters. The molecule has 0 radical (unpaired) electrons. The molecule has 1 aliphatic heterocycles. The smallest absolute Gasteiger partial charge is 0.182 e. The Bertz CT molecular complexity index is 138. The standard InChI is InChI=1S/C10H23NOSi/c1-13(2,12)10-6-9-11-7-4-3-5-8-11/h12H,3-10H2,1-2H3. The first kappa shape index (κ1) is 11.2. The molecule has 1 saturated heterocycles. The molecule has 1 heterocycles. The van der Waals surface area contributed by atoms with Crippen LogP contribution in [0.1, 0.15) is 25.7 Å². The van der Waals surface area contributed by atoms with Crippen molar-refractivity contribution < 1.29 is 4.80 Å². The van der Waals surface area contributed by atoms with E-state index in [1.54, 1.807) is 0 Å². The molecule has 0 aromatic heterocycles. The molecule has 1 N–H and O–H groups in total. The Labute approximate surface area is 83.1 Å². The maximum absolute atomic E-state index is 9.67. The maximum atomic E-state index is 9.67. The van der Waals surface area contributed by atoms with E-state index in [2.05, 4.69) is 4.90 Å². The van der Waals surface area contributed by atoms with Crippen molar-refractivity contribution in [2.45, 2.75) is 44.8 Å². The van der Waals surface area contributed by atoms with E-state index in [1.165, 1.54) is 45.3 Å². The van der Waals surface area contributed by atoms with Crippen molar-refractivity contribution in [3.05, 3.63) is 0 Å². The van der Waals surface area contributed by atoms with Crippen molar-refractivity contribution in [1.82, 2.24) is 4.90 Å². The summed E-state index contributed by atoms with van der Waals surface area (Å²) < 4.78 is 0. The molecule has 0 atom stereocenters. The van der Waals surface area contributed by atoms with Gasteiger partial charge in [-0.3, -0.25) is 0 Å². The normalized spacial score (nSPS) is 20.5. The molecule has 0 saturated carbocycles. The fraction of sp³-hybridized carbons (Fsp3) is 1.00. The predicted octanol–water partition coefficient (Wildman–Crippen LogP) is 2.06. The van der Waals surface area contributed by atoms with Crippen LogP contribution in [0.4, 0.5) is 0 Å². The maximum Gasteiger partial charge on any atom is 0.182 e. The first-order valence-corrected chi connectivity index (χ1v) is 8.68. The van der Waals surface area contributed by atoms with Crippen molar-refractivity contribution in [1.29, 1.82) is 0 Å². The Morgan fingerprint density at radius 3 is 2.31 bits per heavy atom. The van der Waals surface area contributed by atoms with Gasteiger partial charge in [-0.25, -0.2) is 0 Å². The lowest BCUT2D eigenvalue weighted by molar-refractivity contribution is 0.228. The van der Waals surface area contributed by atoms with Crippen LogP contribution in [0.3, 0.4) is 0 Å². The van der Waals surface area contributed by atoms with Gasteiger partial charge in [-0.15, -0.1) is 0 Å². The van der Waals surface area contributed by atoms with Crippen LogP contribution >= 0.6 is 0 Å². The molecular weight excluding hydrogens is 178 g/mol. The fourth-order valence-electron chi connectivity index (χ4n) is 1.92. The third kappa shape index (κ3) is 5.44. The van der Waals surface area contributed by atoms with Gasteiger partial charge in [-0.1, -0.05) is 6.42 Å². The summed E-state index contributed by atoms with van der Waals surface area (Å²) in [7, 11) is -1.77. The monoisotopic (exact) mass is 201 g/mol. The van der Waals surface area contributed by atoms with Crippen LogP contribution in [0, 0.1) is 0 Å². The van der Waals surface area contributed by atoms with Gasteiger partial charge >= 0.3 is 0 Å². The number of likely N-dealkylation sites (tertiary alicyclic amines) is 1. The van der Waals surface area contributed by atoms with Crippen molar-refractivity contribution in [2.75, 3.05) is 19.6 Å². The largest absolute Gasteiger partial charge is 0.432 e. The number of nitrogens with zero attached hydrogens (tertiary/aromatic N) is 1. The molecule has 3 heteroatoms. The summed E-state index contributed by atoms with van der Waals surface area (Å²) >= 11 is 0. The molecular formula is C10H23NOSi. The van der Waals surface area contributed by atoms with Crippen molar-refractivity contribution in [2.24, 2.45) is 0 Å². The summed E-state index contributed by atoms with van der Waals surface area (Å²) in [5, 5.41) is 0. The summed E-state index contributed by atoms with van der Waals surface area (Å²) in [5.74, 6) is 0. The lowest BCUT2D eigenvalue weighted by Crippen LogP contribution is -2.32. The zero-order valence-electron chi connectivity index (χ0n) is 9.05. The van der Waals surface area contributed by atoms with Crippen LogP contribution in [0.2, 0.25) is 19.1 Å². The molecule has 0 aromatic carbocycles. The van der Waals surface area contributed by atoms with Crippen LogP contribution in [-0.2, 0) is 0 Å². The minimum absolute atomic E-state index is 1.06. The molecule has 1 rings (SSSR count). The number of rotatable bonds is 4. The van der Waals surface area contributed by atoms with Gasteiger partial charge in [0, 0.05) is 0 Å². The fourth-order valence-corrected chi connectivity index (χ4v) is 2.94. The minimum Gasteiger partial charge on any atom is -0.432 e. The highest BCUT2D eigenvalue weighted by molar-refractivity contribution is 6.69. The first-order chi connectivity index (χ1) is 6.08. The summed E-state index contributed by atoms with van der Waals surface area (Å²) in [5.41, 5.74) is 0. The van der Waals surface area contributed by atoms with Crippen LogP contribution in [0.25, 0.3) is 0 Å². The Kier molecular flexibility index (Phi) is 4.42. The van der Waals surface area contributed by atoms with Gasteiger partial charge < -0.3 is 9.70 Å². The second-order valence-electron chi connectivity index (χ2n) is 4.82. The van der Waals surface area contributed by atoms with Crippen LogP contribution in [0.15, 0.2) is 0 Å².